The van der Waals surface area contributed by atoms with E-state index in [0.717, 1.165) is 29.0 Å². The van der Waals surface area contributed by atoms with Crippen LogP contribution >= 0.6 is 11.3 Å². The van der Waals surface area contributed by atoms with Gasteiger partial charge in [-0.3, -0.25) is 4.99 Å². The molecule has 0 unspecified atom stereocenters. The molecule has 0 radical (unpaired) electrons. The van der Waals surface area contributed by atoms with Crippen LogP contribution in [0.2, 0.25) is 0 Å². The molecule has 0 saturated heterocycles. The zero-order valence-electron chi connectivity index (χ0n) is 15.2. The maximum atomic E-state index is 4.76. The van der Waals surface area contributed by atoms with Crippen molar-refractivity contribution in [3.8, 4) is 0 Å². The fourth-order valence-electron chi connectivity index (χ4n) is 3.04. The standard InChI is InChI=1S/C23H21N3S/c1-18-17-27-23(24-15-14-19-8-3-2-4-9-19)26(18)25-16-21-12-7-11-20-10-5-6-13-22(20)21/h2-13,16-17H,14-15H2,1H3. The van der Waals surface area contributed by atoms with Crippen LogP contribution in [0, 0.1) is 6.92 Å². The zero-order valence-corrected chi connectivity index (χ0v) is 16.1. The average Bonchev–Trinajstić information content (AvgIpc) is 3.07. The van der Waals surface area contributed by atoms with Gasteiger partial charge < -0.3 is 0 Å². The van der Waals surface area contributed by atoms with E-state index in [1.54, 1.807) is 11.3 Å². The molecular formula is C23H21N3S. The predicted molar refractivity (Wildman–Crippen MR) is 115 cm³/mol. The van der Waals surface area contributed by atoms with E-state index in [1.807, 2.05) is 17.0 Å². The van der Waals surface area contributed by atoms with Gasteiger partial charge in [0.1, 0.15) is 0 Å². The Balaban J connectivity index is 1.60. The van der Waals surface area contributed by atoms with Crippen LogP contribution in [0.25, 0.3) is 10.8 Å². The normalized spacial score (nSPS) is 12.3. The molecule has 134 valence electrons. The maximum Gasteiger partial charge on any atom is 0.205 e. The topological polar surface area (TPSA) is 29.6 Å². The van der Waals surface area contributed by atoms with Crippen LogP contribution in [0.15, 0.2) is 88.3 Å². The Kier molecular flexibility index (Phi) is 5.26. The number of aromatic nitrogens is 1. The van der Waals surface area contributed by atoms with Crippen molar-refractivity contribution in [2.45, 2.75) is 13.3 Å². The molecule has 0 aliphatic carbocycles. The molecule has 0 fully saturated rings. The Bertz CT molecular complexity index is 1130. The SMILES string of the molecule is Cc1csc(=NCCc2ccccc2)n1N=Cc1cccc2ccccc12. The second-order valence-electron chi connectivity index (χ2n) is 6.40. The van der Waals surface area contributed by atoms with Gasteiger partial charge in [-0.05, 0) is 29.7 Å². The molecule has 0 spiro atoms. The van der Waals surface area contributed by atoms with Gasteiger partial charge in [0, 0.05) is 17.5 Å². The van der Waals surface area contributed by atoms with E-state index < -0.39 is 0 Å². The van der Waals surface area contributed by atoms with Crippen molar-refractivity contribution in [1.82, 2.24) is 4.68 Å². The third-order valence-electron chi connectivity index (χ3n) is 4.48. The number of aryl methyl sites for hydroxylation is 1. The lowest BCUT2D eigenvalue weighted by molar-refractivity contribution is 0.783. The molecule has 1 heterocycles. The summed E-state index contributed by atoms with van der Waals surface area (Å²) in [4.78, 5) is 5.70. The summed E-state index contributed by atoms with van der Waals surface area (Å²) >= 11 is 1.63. The molecule has 4 heteroatoms. The molecular weight excluding hydrogens is 350 g/mol. The van der Waals surface area contributed by atoms with E-state index in [0.29, 0.717) is 0 Å². The predicted octanol–water partition coefficient (Wildman–Crippen LogP) is 5.04. The highest BCUT2D eigenvalue weighted by Crippen LogP contribution is 2.17. The second kappa shape index (κ2) is 8.14. The van der Waals surface area contributed by atoms with E-state index in [-0.39, 0.29) is 0 Å². The molecule has 0 amide bonds. The Morgan fingerprint density at radius 3 is 2.59 bits per heavy atom. The molecule has 4 rings (SSSR count). The molecule has 0 atom stereocenters. The minimum atomic E-state index is 0.758. The monoisotopic (exact) mass is 371 g/mol. The van der Waals surface area contributed by atoms with Gasteiger partial charge in [-0.1, -0.05) is 72.8 Å². The average molecular weight is 372 g/mol. The van der Waals surface area contributed by atoms with Gasteiger partial charge >= 0.3 is 0 Å². The third-order valence-corrected chi connectivity index (χ3v) is 5.45. The van der Waals surface area contributed by atoms with Gasteiger partial charge in [-0.2, -0.15) is 5.10 Å². The second-order valence-corrected chi connectivity index (χ2v) is 7.24. The van der Waals surface area contributed by atoms with Gasteiger partial charge in [0.25, 0.3) is 0 Å². The summed E-state index contributed by atoms with van der Waals surface area (Å²) in [5, 5.41) is 9.25. The molecule has 1 aromatic heterocycles. The minimum absolute atomic E-state index is 0.758. The molecule has 0 bridgehead atoms. The van der Waals surface area contributed by atoms with Crippen LogP contribution in [0.5, 0.6) is 0 Å². The summed E-state index contributed by atoms with van der Waals surface area (Å²) in [7, 11) is 0. The van der Waals surface area contributed by atoms with Gasteiger partial charge in [-0.15, -0.1) is 11.3 Å². The van der Waals surface area contributed by atoms with Crippen molar-refractivity contribution < 1.29 is 0 Å². The number of nitrogens with zero attached hydrogens (tertiary/aromatic N) is 3. The Labute approximate surface area is 163 Å². The van der Waals surface area contributed by atoms with E-state index in [4.69, 9.17) is 10.1 Å². The van der Waals surface area contributed by atoms with Crippen molar-refractivity contribution in [2.75, 3.05) is 6.54 Å². The highest BCUT2D eigenvalue weighted by molar-refractivity contribution is 7.07. The van der Waals surface area contributed by atoms with Gasteiger partial charge in [0.15, 0.2) is 0 Å². The molecule has 0 N–H and O–H groups in total. The number of rotatable bonds is 5. The number of hydrogen-bond acceptors (Lipinski definition) is 3. The first kappa shape index (κ1) is 17.4. The van der Waals surface area contributed by atoms with E-state index >= 15 is 0 Å². The van der Waals surface area contributed by atoms with Crippen LogP contribution in [-0.4, -0.2) is 17.4 Å². The highest BCUT2D eigenvalue weighted by Gasteiger charge is 2.01. The summed E-state index contributed by atoms with van der Waals surface area (Å²) < 4.78 is 1.93. The maximum absolute atomic E-state index is 4.76. The van der Waals surface area contributed by atoms with E-state index in [2.05, 4.69) is 79.0 Å². The number of fused-ring (bicyclic) bond motifs is 1. The molecule has 3 aromatic carbocycles. The Morgan fingerprint density at radius 1 is 0.926 bits per heavy atom. The summed E-state index contributed by atoms with van der Waals surface area (Å²) in [6.07, 6.45) is 2.86. The largest absolute Gasteiger partial charge is 0.257 e. The number of hydrogen-bond donors (Lipinski definition) is 0. The van der Waals surface area contributed by atoms with Gasteiger partial charge in [0.2, 0.25) is 4.80 Å². The van der Waals surface area contributed by atoms with Crippen molar-refractivity contribution in [3.63, 3.8) is 0 Å². The molecule has 27 heavy (non-hydrogen) atoms. The van der Waals surface area contributed by atoms with Crippen LogP contribution in [0.4, 0.5) is 0 Å². The van der Waals surface area contributed by atoms with Crippen molar-refractivity contribution >= 4 is 28.3 Å². The van der Waals surface area contributed by atoms with E-state index in [1.165, 1.54) is 16.3 Å². The Morgan fingerprint density at radius 2 is 1.70 bits per heavy atom. The molecule has 3 nitrogen and oxygen atoms in total. The van der Waals surface area contributed by atoms with Crippen molar-refractivity contribution in [1.29, 1.82) is 0 Å². The van der Waals surface area contributed by atoms with Gasteiger partial charge in [0.05, 0.1) is 11.9 Å². The van der Waals surface area contributed by atoms with Crippen LogP contribution < -0.4 is 4.80 Å². The third kappa shape index (κ3) is 4.07. The molecule has 0 saturated carbocycles. The highest BCUT2D eigenvalue weighted by atomic mass is 32.1. The fraction of sp³-hybridized carbons (Fsp3) is 0.130. The molecule has 0 aliphatic rings. The fourth-order valence-corrected chi connectivity index (χ4v) is 3.87. The Hall–Kier alpha value is -2.98. The molecule has 0 aliphatic heterocycles. The minimum Gasteiger partial charge on any atom is -0.257 e. The smallest absolute Gasteiger partial charge is 0.205 e. The lowest BCUT2D eigenvalue weighted by Crippen LogP contribution is -2.13. The molecule has 4 aromatic rings. The lowest BCUT2D eigenvalue weighted by atomic mass is 10.1. The number of thiazole rings is 1. The summed E-state index contributed by atoms with van der Waals surface area (Å²) in [6, 6.07) is 25.1. The lowest BCUT2D eigenvalue weighted by Gasteiger charge is -2.02. The summed E-state index contributed by atoms with van der Waals surface area (Å²) in [5.41, 5.74) is 3.51. The van der Waals surface area contributed by atoms with Crippen molar-refractivity contribution in [3.05, 3.63) is 99.8 Å². The first-order valence-corrected chi connectivity index (χ1v) is 9.93. The summed E-state index contributed by atoms with van der Waals surface area (Å²) in [5.74, 6) is 0. The zero-order chi connectivity index (χ0) is 18.5. The van der Waals surface area contributed by atoms with Crippen LogP contribution in [0.3, 0.4) is 0 Å². The number of benzene rings is 3. The van der Waals surface area contributed by atoms with Crippen LogP contribution in [0.1, 0.15) is 16.8 Å². The van der Waals surface area contributed by atoms with E-state index in [9.17, 15) is 0 Å². The first-order chi connectivity index (χ1) is 13.3. The quantitative estimate of drug-likeness (QED) is 0.440. The first-order valence-electron chi connectivity index (χ1n) is 9.05. The van der Waals surface area contributed by atoms with Gasteiger partial charge in [-0.25, -0.2) is 4.68 Å². The van der Waals surface area contributed by atoms with Crippen LogP contribution in [-0.2, 0) is 6.42 Å². The summed E-state index contributed by atoms with van der Waals surface area (Å²) in [6.45, 7) is 2.82. The van der Waals surface area contributed by atoms with Crippen molar-refractivity contribution in [2.24, 2.45) is 10.1 Å².